The van der Waals surface area contributed by atoms with Crippen LogP contribution in [-0.4, -0.2) is 45.4 Å². The molecular formula is C29H32N4O3S. The van der Waals surface area contributed by atoms with Crippen molar-refractivity contribution in [2.45, 2.75) is 88.2 Å². The summed E-state index contributed by atoms with van der Waals surface area (Å²) in [5, 5.41) is 10.3. The Bertz CT molecular complexity index is 1250. The fraction of sp³-hybridized carbons (Fsp3) is 0.483. The number of hydrogen-bond acceptors (Lipinski definition) is 6. The zero-order valence-electron chi connectivity index (χ0n) is 21.2. The number of fused-ring (bicyclic) bond motifs is 1. The quantitative estimate of drug-likeness (QED) is 0.407. The lowest BCUT2D eigenvalue weighted by Gasteiger charge is -2.37. The molecule has 0 bridgehead atoms. The lowest BCUT2D eigenvalue weighted by Crippen LogP contribution is -2.52. The van der Waals surface area contributed by atoms with E-state index in [0.29, 0.717) is 16.3 Å². The van der Waals surface area contributed by atoms with Crippen molar-refractivity contribution in [2.24, 2.45) is 0 Å². The summed E-state index contributed by atoms with van der Waals surface area (Å²) in [5.41, 5.74) is 4.25. The van der Waals surface area contributed by atoms with Crippen LogP contribution in [0.4, 0.5) is 5.69 Å². The van der Waals surface area contributed by atoms with Gasteiger partial charge in [0.2, 0.25) is 11.8 Å². The summed E-state index contributed by atoms with van der Waals surface area (Å²) >= 11 is 1.27. The molecule has 0 radical (unpaired) electrons. The molecule has 1 atom stereocenters. The molecule has 1 aliphatic heterocycles. The van der Waals surface area contributed by atoms with Crippen molar-refractivity contribution in [2.75, 3.05) is 10.7 Å². The van der Waals surface area contributed by atoms with E-state index in [0.717, 1.165) is 74.6 Å². The second-order valence-electron chi connectivity index (χ2n) is 10.3. The number of carbonyl (C=O) groups excluding carboxylic acids is 3. The van der Waals surface area contributed by atoms with Crippen LogP contribution in [0.1, 0.15) is 73.8 Å². The molecule has 1 saturated carbocycles. The second-order valence-corrected chi connectivity index (χ2v) is 11.2. The van der Waals surface area contributed by atoms with Crippen LogP contribution in [0.15, 0.2) is 35.4 Å². The van der Waals surface area contributed by atoms with Crippen molar-refractivity contribution >= 4 is 35.2 Å². The number of imide groups is 1. The van der Waals surface area contributed by atoms with E-state index in [4.69, 9.17) is 4.98 Å². The lowest BCUT2D eigenvalue weighted by atomic mass is 9.92. The smallest absolute Gasteiger partial charge is 0.257 e. The van der Waals surface area contributed by atoms with Crippen LogP contribution >= 0.6 is 11.8 Å². The standard InChI is InChI=1S/C29H32N4O3S/c1-19-11-13-23(14-12-19)33-26(34)16-25(29(33)36)32(22-8-3-2-4-9-22)27(35)18-37-28-21(17-30)15-20-7-5-6-10-24(20)31-28/h11-15,22,25H,2-10,16,18H2,1H3. The van der Waals surface area contributed by atoms with Gasteiger partial charge in [0.15, 0.2) is 0 Å². The van der Waals surface area contributed by atoms with E-state index in [1.165, 1.54) is 16.7 Å². The molecule has 2 aliphatic carbocycles. The molecule has 7 nitrogen and oxygen atoms in total. The highest BCUT2D eigenvalue weighted by atomic mass is 32.2. The van der Waals surface area contributed by atoms with Gasteiger partial charge < -0.3 is 4.90 Å². The van der Waals surface area contributed by atoms with Gasteiger partial charge in [0.25, 0.3) is 5.91 Å². The first-order valence-electron chi connectivity index (χ1n) is 13.3. The monoisotopic (exact) mass is 516 g/mol. The zero-order chi connectivity index (χ0) is 25.9. The zero-order valence-corrected chi connectivity index (χ0v) is 22.1. The average Bonchev–Trinajstić information content (AvgIpc) is 3.21. The van der Waals surface area contributed by atoms with Gasteiger partial charge in [0.05, 0.1) is 23.4 Å². The molecule has 1 saturated heterocycles. The van der Waals surface area contributed by atoms with Crippen molar-refractivity contribution in [3.63, 3.8) is 0 Å². The minimum Gasteiger partial charge on any atom is -0.326 e. The fourth-order valence-electron chi connectivity index (χ4n) is 5.80. The Morgan fingerprint density at radius 3 is 2.57 bits per heavy atom. The van der Waals surface area contributed by atoms with Crippen molar-refractivity contribution in [3.8, 4) is 6.07 Å². The molecule has 3 aliphatic rings. The molecule has 5 rings (SSSR count). The number of rotatable bonds is 6. The van der Waals surface area contributed by atoms with E-state index in [1.54, 1.807) is 17.0 Å². The van der Waals surface area contributed by atoms with Crippen molar-refractivity contribution in [1.29, 1.82) is 5.26 Å². The van der Waals surface area contributed by atoms with Gasteiger partial charge >= 0.3 is 0 Å². The van der Waals surface area contributed by atoms with E-state index in [-0.39, 0.29) is 35.9 Å². The van der Waals surface area contributed by atoms with E-state index in [9.17, 15) is 19.6 Å². The predicted octanol–water partition coefficient (Wildman–Crippen LogP) is 4.73. The number of nitrogens with zero attached hydrogens (tertiary/aromatic N) is 4. The fourth-order valence-corrected chi connectivity index (χ4v) is 6.64. The largest absolute Gasteiger partial charge is 0.326 e. The third-order valence-electron chi connectivity index (χ3n) is 7.73. The second kappa shape index (κ2) is 11.1. The number of amides is 3. The summed E-state index contributed by atoms with van der Waals surface area (Å²) in [6, 6.07) is 10.6. The number of aryl methyl sites for hydroxylation is 3. The highest BCUT2D eigenvalue weighted by molar-refractivity contribution is 8.00. The number of pyridine rings is 1. The topological polar surface area (TPSA) is 94.4 Å². The third kappa shape index (κ3) is 5.28. The Kier molecular flexibility index (Phi) is 7.61. The van der Waals surface area contributed by atoms with Crippen LogP contribution < -0.4 is 4.90 Å². The number of thioether (sulfide) groups is 1. The molecule has 2 aromatic rings. The van der Waals surface area contributed by atoms with Crippen LogP contribution in [0.5, 0.6) is 0 Å². The average molecular weight is 517 g/mol. The Labute approximate surface area is 222 Å². The van der Waals surface area contributed by atoms with Gasteiger partial charge in [-0.1, -0.05) is 48.7 Å². The van der Waals surface area contributed by atoms with Gasteiger partial charge in [-0.3, -0.25) is 14.4 Å². The Morgan fingerprint density at radius 2 is 1.84 bits per heavy atom. The molecule has 37 heavy (non-hydrogen) atoms. The lowest BCUT2D eigenvalue weighted by molar-refractivity contribution is -0.139. The van der Waals surface area contributed by atoms with Crippen LogP contribution in [-0.2, 0) is 27.2 Å². The molecule has 8 heteroatoms. The van der Waals surface area contributed by atoms with Crippen LogP contribution in [0.2, 0.25) is 0 Å². The maximum absolute atomic E-state index is 13.7. The van der Waals surface area contributed by atoms with E-state index < -0.39 is 6.04 Å². The van der Waals surface area contributed by atoms with Crippen molar-refractivity contribution in [1.82, 2.24) is 9.88 Å². The number of benzene rings is 1. The van der Waals surface area contributed by atoms with Crippen LogP contribution in [0.25, 0.3) is 0 Å². The molecule has 3 amide bonds. The maximum Gasteiger partial charge on any atom is 0.257 e. The van der Waals surface area contributed by atoms with Crippen LogP contribution in [0, 0.1) is 18.3 Å². The summed E-state index contributed by atoms with van der Waals surface area (Å²) in [4.78, 5) is 48.0. The first-order valence-corrected chi connectivity index (χ1v) is 14.2. The van der Waals surface area contributed by atoms with Gasteiger partial charge in [0, 0.05) is 11.7 Å². The number of carbonyl (C=O) groups is 3. The molecule has 1 unspecified atom stereocenters. The molecule has 0 spiro atoms. The molecular weight excluding hydrogens is 484 g/mol. The molecule has 192 valence electrons. The summed E-state index contributed by atoms with van der Waals surface area (Å²) in [6.45, 7) is 1.95. The molecule has 1 aromatic heterocycles. The summed E-state index contributed by atoms with van der Waals surface area (Å²) in [5.74, 6) is -0.692. The SMILES string of the molecule is Cc1ccc(N2C(=O)CC(N(C(=O)CSc3nc4c(cc3C#N)CCCC4)C3CCCCC3)C2=O)cc1. The van der Waals surface area contributed by atoms with Gasteiger partial charge in [-0.05, 0) is 69.2 Å². The normalized spacial score (nSPS) is 20.0. The van der Waals surface area contributed by atoms with Crippen LogP contribution in [0.3, 0.4) is 0 Å². The van der Waals surface area contributed by atoms with Gasteiger partial charge in [-0.15, -0.1) is 0 Å². The number of anilines is 1. The number of hydrogen-bond donors (Lipinski definition) is 0. The highest BCUT2D eigenvalue weighted by Crippen LogP contribution is 2.33. The minimum atomic E-state index is -0.795. The predicted molar refractivity (Wildman–Crippen MR) is 142 cm³/mol. The first-order chi connectivity index (χ1) is 18.0. The molecule has 1 aromatic carbocycles. The van der Waals surface area contributed by atoms with E-state index in [1.807, 2.05) is 25.1 Å². The minimum absolute atomic E-state index is 0.000156. The van der Waals surface area contributed by atoms with Gasteiger partial charge in [-0.2, -0.15) is 5.26 Å². The third-order valence-corrected chi connectivity index (χ3v) is 8.70. The Balaban J connectivity index is 1.38. The first kappa shape index (κ1) is 25.5. The number of aromatic nitrogens is 1. The van der Waals surface area contributed by atoms with Gasteiger partial charge in [0.1, 0.15) is 17.1 Å². The van der Waals surface area contributed by atoms with Crippen molar-refractivity contribution in [3.05, 3.63) is 52.7 Å². The Hall–Kier alpha value is -3.18. The molecule has 2 fully saturated rings. The summed E-state index contributed by atoms with van der Waals surface area (Å²) in [6.07, 6.45) is 8.81. The van der Waals surface area contributed by atoms with E-state index >= 15 is 0 Å². The Morgan fingerprint density at radius 1 is 1.11 bits per heavy atom. The number of nitriles is 1. The van der Waals surface area contributed by atoms with E-state index in [2.05, 4.69) is 6.07 Å². The summed E-state index contributed by atoms with van der Waals surface area (Å²) < 4.78 is 0. The molecule has 2 heterocycles. The highest BCUT2D eigenvalue weighted by Gasteiger charge is 2.46. The summed E-state index contributed by atoms with van der Waals surface area (Å²) in [7, 11) is 0. The maximum atomic E-state index is 13.7. The molecule has 0 N–H and O–H groups in total. The van der Waals surface area contributed by atoms with Gasteiger partial charge in [-0.25, -0.2) is 9.88 Å². The van der Waals surface area contributed by atoms with Crippen molar-refractivity contribution < 1.29 is 14.4 Å².